The van der Waals surface area contributed by atoms with Crippen molar-refractivity contribution in [3.8, 4) is 6.07 Å². The molecule has 0 saturated heterocycles. The first kappa shape index (κ1) is 19.0. The SMILES string of the molecule is N#CCNC(=O)[C@H](Cc1ccc(Br)s1)NC(=O)OCc1ccccc1. The van der Waals surface area contributed by atoms with E-state index in [0.717, 1.165) is 14.2 Å². The summed E-state index contributed by atoms with van der Waals surface area (Å²) in [5.74, 6) is -0.428. The van der Waals surface area contributed by atoms with Gasteiger partial charge in [0.1, 0.15) is 19.2 Å². The Hall–Kier alpha value is -2.37. The molecule has 1 atom stereocenters. The molecule has 2 amide bonds. The third-order valence-electron chi connectivity index (χ3n) is 3.20. The quantitative estimate of drug-likeness (QED) is 0.672. The van der Waals surface area contributed by atoms with Crippen molar-refractivity contribution < 1.29 is 14.3 Å². The van der Waals surface area contributed by atoms with Crippen LogP contribution in [-0.2, 0) is 22.6 Å². The lowest BCUT2D eigenvalue weighted by molar-refractivity contribution is -0.122. The van der Waals surface area contributed by atoms with Gasteiger partial charge in [-0.3, -0.25) is 4.79 Å². The number of hydrogen-bond acceptors (Lipinski definition) is 5. The molecule has 0 fully saturated rings. The van der Waals surface area contributed by atoms with Crippen molar-refractivity contribution >= 4 is 39.3 Å². The Morgan fingerprint density at radius 1 is 1.24 bits per heavy atom. The average molecular weight is 422 g/mol. The van der Waals surface area contributed by atoms with E-state index in [-0.39, 0.29) is 13.2 Å². The molecule has 1 aromatic heterocycles. The maximum atomic E-state index is 12.2. The first-order valence-corrected chi connectivity index (χ1v) is 9.05. The highest BCUT2D eigenvalue weighted by atomic mass is 79.9. The summed E-state index contributed by atoms with van der Waals surface area (Å²) in [4.78, 5) is 25.1. The van der Waals surface area contributed by atoms with Gasteiger partial charge in [0.2, 0.25) is 5.91 Å². The van der Waals surface area contributed by atoms with Crippen molar-refractivity contribution in [2.45, 2.75) is 19.1 Å². The second kappa shape index (κ2) is 9.81. The van der Waals surface area contributed by atoms with E-state index in [4.69, 9.17) is 10.00 Å². The van der Waals surface area contributed by atoms with Gasteiger partial charge in [-0.25, -0.2) is 4.79 Å². The van der Waals surface area contributed by atoms with E-state index in [2.05, 4.69) is 26.6 Å². The third kappa shape index (κ3) is 6.57. The first-order chi connectivity index (χ1) is 12.1. The maximum absolute atomic E-state index is 12.2. The van der Waals surface area contributed by atoms with E-state index in [1.54, 1.807) is 0 Å². The summed E-state index contributed by atoms with van der Waals surface area (Å²) in [6, 6.07) is 14.0. The van der Waals surface area contributed by atoms with Crippen LogP contribution in [-0.4, -0.2) is 24.6 Å². The lowest BCUT2D eigenvalue weighted by Gasteiger charge is -2.17. The molecular formula is C17H16BrN3O3S. The Balaban J connectivity index is 1.95. The van der Waals surface area contributed by atoms with Crippen LogP contribution in [0.1, 0.15) is 10.4 Å². The molecule has 0 saturated carbocycles. The van der Waals surface area contributed by atoms with Gasteiger partial charge >= 0.3 is 6.09 Å². The molecule has 1 aromatic carbocycles. The predicted octanol–water partition coefficient (Wildman–Crippen LogP) is 2.99. The largest absolute Gasteiger partial charge is 0.445 e. The molecule has 0 radical (unpaired) electrons. The molecule has 130 valence electrons. The standard InChI is InChI=1S/C17H16BrN3O3S/c18-15-7-6-13(25-15)10-14(16(22)20-9-8-19)21-17(23)24-11-12-4-2-1-3-5-12/h1-7,14H,9-11H2,(H,20,22)(H,21,23)/t14-/m0/s1. The van der Waals surface area contributed by atoms with Crippen LogP contribution in [0, 0.1) is 11.3 Å². The number of alkyl carbamates (subject to hydrolysis) is 1. The molecule has 1 heterocycles. The van der Waals surface area contributed by atoms with E-state index < -0.39 is 18.0 Å². The predicted molar refractivity (Wildman–Crippen MR) is 97.9 cm³/mol. The Kier molecular flexibility index (Phi) is 7.44. The van der Waals surface area contributed by atoms with Crippen LogP contribution in [0.25, 0.3) is 0 Å². The van der Waals surface area contributed by atoms with Crippen LogP contribution in [0.3, 0.4) is 0 Å². The van der Waals surface area contributed by atoms with E-state index in [9.17, 15) is 9.59 Å². The third-order valence-corrected chi connectivity index (χ3v) is 4.84. The molecular weight excluding hydrogens is 406 g/mol. The summed E-state index contributed by atoms with van der Waals surface area (Å²) in [6.45, 7) is -0.00598. The Morgan fingerprint density at radius 2 is 2.00 bits per heavy atom. The number of ether oxygens (including phenoxy) is 1. The number of nitrogens with zero attached hydrogens (tertiary/aromatic N) is 1. The summed E-state index contributed by atoms with van der Waals surface area (Å²) in [6.07, 6.45) is -0.370. The Bertz CT molecular complexity index is 758. The number of carbonyl (C=O) groups is 2. The molecule has 2 N–H and O–H groups in total. The lowest BCUT2D eigenvalue weighted by Crippen LogP contribution is -2.48. The fourth-order valence-electron chi connectivity index (χ4n) is 2.03. The maximum Gasteiger partial charge on any atom is 0.408 e. The summed E-state index contributed by atoms with van der Waals surface area (Å²) < 4.78 is 6.09. The molecule has 8 heteroatoms. The molecule has 0 bridgehead atoms. The zero-order valence-corrected chi connectivity index (χ0v) is 15.6. The zero-order valence-electron chi connectivity index (χ0n) is 13.2. The van der Waals surface area contributed by atoms with E-state index >= 15 is 0 Å². The molecule has 0 spiro atoms. The molecule has 0 unspecified atom stereocenters. The molecule has 2 rings (SSSR count). The number of nitrogens with one attached hydrogen (secondary N) is 2. The van der Waals surface area contributed by atoms with Gasteiger partial charge in [-0.2, -0.15) is 5.26 Å². The zero-order chi connectivity index (χ0) is 18.1. The summed E-state index contributed by atoms with van der Waals surface area (Å²) in [5.41, 5.74) is 0.852. The van der Waals surface area contributed by atoms with Gasteiger partial charge < -0.3 is 15.4 Å². The fourth-order valence-corrected chi connectivity index (χ4v) is 3.56. The van der Waals surface area contributed by atoms with Crippen LogP contribution in [0.5, 0.6) is 0 Å². The number of benzene rings is 1. The van der Waals surface area contributed by atoms with Crippen LogP contribution < -0.4 is 10.6 Å². The van der Waals surface area contributed by atoms with Crippen molar-refractivity contribution in [1.82, 2.24) is 10.6 Å². The monoisotopic (exact) mass is 421 g/mol. The molecule has 0 aliphatic rings. The number of rotatable bonds is 7. The summed E-state index contributed by atoms with van der Waals surface area (Å²) in [7, 11) is 0. The number of halogens is 1. The topological polar surface area (TPSA) is 91.2 Å². The van der Waals surface area contributed by atoms with Crippen molar-refractivity contribution in [2.24, 2.45) is 0 Å². The van der Waals surface area contributed by atoms with Crippen LogP contribution in [0.15, 0.2) is 46.3 Å². The highest BCUT2D eigenvalue weighted by molar-refractivity contribution is 9.11. The van der Waals surface area contributed by atoms with E-state index in [1.807, 2.05) is 48.5 Å². The van der Waals surface area contributed by atoms with Gasteiger partial charge in [-0.15, -0.1) is 11.3 Å². The normalized spacial score (nSPS) is 11.2. The van der Waals surface area contributed by atoms with Gasteiger partial charge in [0.05, 0.1) is 9.86 Å². The second-order valence-corrected chi connectivity index (χ2v) is 7.59. The highest BCUT2D eigenvalue weighted by Crippen LogP contribution is 2.23. The lowest BCUT2D eigenvalue weighted by atomic mass is 10.1. The molecule has 25 heavy (non-hydrogen) atoms. The van der Waals surface area contributed by atoms with Crippen molar-refractivity contribution in [1.29, 1.82) is 5.26 Å². The molecule has 0 aliphatic heterocycles. The van der Waals surface area contributed by atoms with E-state index in [0.29, 0.717) is 6.42 Å². The van der Waals surface area contributed by atoms with Gasteiger partial charge in [0.25, 0.3) is 0 Å². The van der Waals surface area contributed by atoms with Crippen LogP contribution >= 0.6 is 27.3 Å². The number of nitriles is 1. The molecule has 6 nitrogen and oxygen atoms in total. The minimum Gasteiger partial charge on any atom is -0.445 e. The van der Waals surface area contributed by atoms with Gasteiger partial charge in [-0.05, 0) is 33.6 Å². The number of carbonyl (C=O) groups excluding carboxylic acids is 2. The van der Waals surface area contributed by atoms with Gasteiger partial charge in [0.15, 0.2) is 0 Å². The van der Waals surface area contributed by atoms with Gasteiger partial charge in [0, 0.05) is 11.3 Å². The Labute approximate surface area is 157 Å². The highest BCUT2D eigenvalue weighted by Gasteiger charge is 2.22. The Morgan fingerprint density at radius 3 is 2.64 bits per heavy atom. The van der Waals surface area contributed by atoms with Crippen LogP contribution in [0.4, 0.5) is 4.79 Å². The summed E-state index contributed by atoms with van der Waals surface area (Å²) in [5, 5.41) is 13.6. The number of amides is 2. The number of thiophene rings is 1. The minimum atomic E-state index is -0.817. The van der Waals surface area contributed by atoms with Crippen molar-refractivity contribution in [3.63, 3.8) is 0 Å². The van der Waals surface area contributed by atoms with Gasteiger partial charge in [-0.1, -0.05) is 30.3 Å². The fraction of sp³-hybridized carbons (Fsp3) is 0.235. The van der Waals surface area contributed by atoms with Crippen molar-refractivity contribution in [3.05, 3.63) is 56.7 Å². The minimum absolute atomic E-state index is 0.115. The van der Waals surface area contributed by atoms with E-state index in [1.165, 1.54) is 11.3 Å². The summed E-state index contributed by atoms with van der Waals surface area (Å²) >= 11 is 4.84. The van der Waals surface area contributed by atoms with Crippen LogP contribution in [0.2, 0.25) is 0 Å². The smallest absolute Gasteiger partial charge is 0.408 e. The number of hydrogen-bond donors (Lipinski definition) is 2. The van der Waals surface area contributed by atoms with Crippen molar-refractivity contribution in [2.75, 3.05) is 6.54 Å². The average Bonchev–Trinajstić information content (AvgIpc) is 3.03. The molecule has 2 aromatic rings. The second-order valence-electron chi connectivity index (χ2n) is 5.04. The molecule has 0 aliphatic carbocycles. The first-order valence-electron chi connectivity index (χ1n) is 7.44.